The number of carbonyl (C=O) groups excluding carboxylic acids is 1. The van der Waals surface area contributed by atoms with E-state index in [1.165, 1.54) is 0 Å². The third-order valence-electron chi connectivity index (χ3n) is 4.40. The first-order chi connectivity index (χ1) is 13.0. The summed E-state index contributed by atoms with van der Waals surface area (Å²) in [6.07, 6.45) is 5.83. The van der Waals surface area contributed by atoms with Crippen molar-refractivity contribution in [3.63, 3.8) is 0 Å². The molecule has 0 aromatic heterocycles. The van der Waals surface area contributed by atoms with E-state index in [4.69, 9.17) is 10.2 Å². The van der Waals surface area contributed by atoms with E-state index in [2.05, 4.69) is 10.6 Å². The van der Waals surface area contributed by atoms with E-state index in [1.54, 1.807) is 0 Å². The van der Waals surface area contributed by atoms with E-state index in [0.717, 1.165) is 38.5 Å². The minimum Gasteiger partial charge on any atom is -0.480 e. The molecule has 1 saturated heterocycles. The van der Waals surface area contributed by atoms with Gasteiger partial charge in [0.1, 0.15) is 21.9 Å². The summed E-state index contributed by atoms with van der Waals surface area (Å²) in [5.41, 5.74) is 0. The van der Waals surface area contributed by atoms with Crippen LogP contribution >= 0.6 is 0 Å². The third kappa shape index (κ3) is 11.9. The number of carboxylic acid groups (broad SMARTS) is 2. The van der Waals surface area contributed by atoms with Gasteiger partial charge in [0.25, 0.3) is 0 Å². The minimum absolute atomic E-state index is 0.106. The topological polar surface area (TPSA) is 150 Å². The summed E-state index contributed by atoms with van der Waals surface area (Å²) in [6.45, 7) is 4.79. The second-order valence-electron chi connectivity index (χ2n) is 7.08. The fourth-order valence-corrected chi connectivity index (χ4v) is 3.54. The van der Waals surface area contributed by atoms with Crippen molar-refractivity contribution in [1.82, 2.24) is 10.6 Å². The molecular weight excluding hydrogens is 388 g/mol. The number of hydrogen-bond donors (Lipinski definition) is 4. The van der Waals surface area contributed by atoms with E-state index >= 15 is 0 Å². The Hall–Kier alpha value is -1.68. The predicted octanol–water partition coefficient (Wildman–Crippen LogP) is 1.03. The van der Waals surface area contributed by atoms with Gasteiger partial charge in [-0.3, -0.25) is 9.59 Å². The molecule has 28 heavy (non-hydrogen) atoms. The molecule has 10 heteroatoms. The van der Waals surface area contributed by atoms with Gasteiger partial charge in [0.15, 0.2) is 0 Å². The zero-order valence-corrected chi connectivity index (χ0v) is 17.8. The van der Waals surface area contributed by atoms with Gasteiger partial charge in [-0.1, -0.05) is 26.7 Å². The smallest absolute Gasteiger partial charge is 0.326 e. The lowest BCUT2D eigenvalue weighted by Gasteiger charge is -2.19. The Bertz CT molecular complexity index is 595. The van der Waals surface area contributed by atoms with Crippen LogP contribution in [0.2, 0.25) is 0 Å². The molecule has 0 aromatic rings. The third-order valence-corrected chi connectivity index (χ3v) is 5.37. The fourth-order valence-electron chi connectivity index (χ4n) is 2.88. The Labute approximate surface area is 167 Å². The normalized spacial score (nSPS) is 17.5. The van der Waals surface area contributed by atoms with E-state index in [-0.39, 0.29) is 30.0 Å². The molecule has 1 rings (SSSR count). The van der Waals surface area contributed by atoms with Crippen LogP contribution in [0.3, 0.4) is 0 Å². The van der Waals surface area contributed by atoms with Crippen molar-refractivity contribution < 1.29 is 33.0 Å². The lowest BCUT2D eigenvalue weighted by Crippen LogP contribution is -2.44. The van der Waals surface area contributed by atoms with Crippen LogP contribution in [0.4, 0.5) is 0 Å². The number of sulfone groups is 1. The maximum absolute atomic E-state index is 12.0. The summed E-state index contributed by atoms with van der Waals surface area (Å²) in [5.74, 6) is -2.67. The first-order valence-corrected chi connectivity index (χ1v) is 11.7. The molecule has 0 spiro atoms. The molecule has 0 radical (unpaired) electrons. The summed E-state index contributed by atoms with van der Waals surface area (Å²) in [7, 11) is -3.24. The van der Waals surface area contributed by atoms with Gasteiger partial charge in [-0.05, 0) is 38.6 Å². The molecule has 1 amide bonds. The zero-order valence-electron chi connectivity index (χ0n) is 16.9. The molecule has 1 aliphatic heterocycles. The summed E-state index contributed by atoms with van der Waals surface area (Å²) >= 11 is 0. The Morgan fingerprint density at radius 2 is 1.68 bits per heavy atom. The zero-order chi connectivity index (χ0) is 21.7. The van der Waals surface area contributed by atoms with Crippen molar-refractivity contribution in [1.29, 1.82) is 0 Å². The molecule has 0 aromatic carbocycles. The van der Waals surface area contributed by atoms with Crippen molar-refractivity contribution in [2.24, 2.45) is 5.92 Å². The van der Waals surface area contributed by atoms with Gasteiger partial charge in [0.05, 0.1) is 5.75 Å². The number of amides is 1. The van der Waals surface area contributed by atoms with E-state index < -0.39 is 27.8 Å². The van der Waals surface area contributed by atoms with Gasteiger partial charge in [-0.25, -0.2) is 13.2 Å². The molecule has 0 unspecified atom stereocenters. The van der Waals surface area contributed by atoms with Crippen LogP contribution in [0.15, 0.2) is 0 Å². The number of hydrogen-bond acceptors (Lipinski definition) is 6. The quantitative estimate of drug-likeness (QED) is 0.385. The van der Waals surface area contributed by atoms with Crippen LogP contribution in [-0.4, -0.2) is 67.1 Å². The molecule has 164 valence electrons. The Kier molecular flexibility index (Phi) is 12.7. The van der Waals surface area contributed by atoms with Gasteiger partial charge in [-0.2, -0.15) is 0 Å². The maximum atomic E-state index is 12.0. The first kappa shape index (κ1) is 26.3. The molecule has 0 bridgehead atoms. The minimum atomic E-state index is -3.24. The largest absolute Gasteiger partial charge is 0.480 e. The molecule has 1 aliphatic rings. The second kappa shape index (κ2) is 13.5. The standard InChI is InChI=1S/C13H25NO5S.C5H9NO2/c1-4-6-10(7-5-2)12(15)14-11(13(16)17)8-9-20(3,18)19;7-5(8)4-2-1-3-6-4/h10-11H,4-9H2,1-3H3,(H,14,15)(H,16,17);4,6H,1-3H2,(H,7,8)/t11-;4-/m00/s1. The molecule has 0 saturated carbocycles. The Morgan fingerprint density at radius 1 is 1.11 bits per heavy atom. The molecule has 1 heterocycles. The second-order valence-corrected chi connectivity index (χ2v) is 9.34. The lowest BCUT2D eigenvalue weighted by molar-refractivity contribution is -0.142. The van der Waals surface area contributed by atoms with E-state index in [0.29, 0.717) is 12.8 Å². The number of rotatable bonds is 11. The van der Waals surface area contributed by atoms with Crippen molar-refractivity contribution in [3.8, 4) is 0 Å². The molecule has 4 N–H and O–H groups in total. The highest BCUT2D eigenvalue weighted by Gasteiger charge is 2.25. The number of aliphatic carboxylic acids is 2. The monoisotopic (exact) mass is 422 g/mol. The highest BCUT2D eigenvalue weighted by Crippen LogP contribution is 2.14. The Balaban J connectivity index is 0.000000749. The molecule has 1 fully saturated rings. The molecular formula is C18H34N2O7S. The molecule has 9 nitrogen and oxygen atoms in total. The highest BCUT2D eigenvalue weighted by molar-refractivity contribution is 7.90. The van der Waals surface area contributed by atoms with Gasteiger partial charge >= 0.3 is 11.9 Å². The van der Waals surface area contributed by atoms with Crippen LogP contribution in [0.1, 0.15) is 58.8 Å². The van der Waals surface area contributed by atoms with Gasteiger partial charge in [-0.15, -0.1) is 0 Å². The maximum Gasteiger partial charge on any atom is 0.326 e. The summed E-state index contributed by atoms with van der Waals surface area (Å²) in [4.78, 5) is 33.3. The van der Waals surface area contributed by atoms with Crippen LogP contribution in [0.5, 0.6) is 0 Å². The number of carbonyl (C=O) groups is 3. The average Bonchev–Trinajstić information content (AvgIpc) is 3.12. The molecule has 0 aliphatic carbocycles. The van der Waals surface area contributed by atoms with Crippen LogP contribution < -0.4 is 10.6 Å². The van der Waals surface area contributed by atoms with Crippen molar-refractivity contribution in [3.05, 3.63) is 0 Å². The summed E-state index contributed by atoms with van der Waals surface area (Å²) < 4.78 is 22.2. The van der Waals surface area contributed by atoms with Crippen LogP contribution in [0.25, 0.3) is 0 Å². The van der Waals surface area contributed by atoms with Gasteiger partial charge < -0.3 is 20.8 Å². The van der Waals surface area contributed by atoms with Crippen molar-refractivity contribution >= 4 is 27.7 Å². The van der Waals surface area contributed by atoms with Crippen LogP contribution in [0, 0.1) is 5.92 Å². The van der Waals surface area contributed by atoms with E-state index in [9.17, 15) is 22.8 Å². The SMILES string of the molecule is CCCC(CCC)C(=O)N[C@@H](CCS(C)(=O)=O)C(=O)O.O=C(O)[C@@H]1CCCN1. The van der Waals surface area contributed by atoms with Gasteiger partial charge in [0.2, 0.25) is 5.91 Å². The summed E-state index contributed by atoms with van der Waals surface area (Å²) in [6, 6.07) is -1.41. The lowest BCUT2D eigenvalue weighted by atomic mass is 9.97. The summed E-state index contributed by atoms with van der Waals surface area (Å²) in [5, 5.41) is 22.7. The Morgan fingerprint density at radius 3 is 2.00 bits per heavy atom. The van der Waals surface area contributed by atoms with Crippen LogP contribution in [-0.2, 0) is 24.2 Å². The van der Waals surface area contributed by atoms with Crippen molar-refractivity contribution in [2.75, 3.05) is 18.6 Å². The first-order valence-electron chi connectivity index (χ1n) is 9.68. The number of nitrogens with one attached hydrogen (secondary N) is 2. The fraction of sp³-hybridized carbons (Fsp3) is 0.833. The average molecular weight is 423 g/mol. The number of carboxylic acids is 2. The highest BCUT2D eigenvalue weighted by atomic mass is 32.2. The van der Waals surface area contributed by atoms with Crippen molar-refractivity contribution in [2.45, 2.75) is 70.9 Å². The molecule has 2 atom stereocenters. The van der Waals surface area contributed by atoms with Gasteiger partial charge in [0, 0.05) is 12.2 Å². The predicted molar refractivity (Wildman–Crippen MR) is 106 cm³/mol. The van der Waals surface area contributed by atoms with E-state index in [1.807, 2.05) is 13.8 Å².